The van der Waals surface area contributed by atoms with Crippen LogP contribution < -0.4 is 0 Å². The Labute approximate surface area is 110 Å². The summed E-state index contributed by atoms with van der Waals surface area (Å²) in [6, 6.07) is 0. The molecule has 0 bridgehead atoms. The molecule has 0 spiro atoms. The van der Waals surface area contributed by atoms with Gasteiger partial charge in [-0.1, -0.05) is 20.8 Å². The van der Waals surface area contributed by atoms with Gasteiger partial charge in [0.05, 0.1) is 6.10 Å². The van der Waals surface area contributed by atoms with E-state index in [1.165, 1.54) is 0 Å². The number of carbonyl (C=O) groups is 1. The van der Waals surface area contributed by atoms with Crippen molar-refractivity contribution in [2.45, 2.75) is 59.7 Å². The van der Waals surface area contributed by atoms with Gasteiger partial charge in [0.15, 0.2) is 0 Å². The largest absolute Gasteiger partial charge is 0.444 e. The number of ether oxygens (including phenoxy) is 1. The van der Waals surface area contributed by atoms with E-state index in [1.54, 1.807) is 4.90 Å². The van der Waals surface area contributed by atoms with E-state index in [0.717, 1.165) is 0 Å². The summed E-state index contributed by atoms with van der Waals surface area (Å²) in [7, 11) is 0. The lowest BCUT2D eigenvalue weighted by atomic mass is 9.74. The summed E-state index contributed by atoms with van der Waals surface area (Å²) in [4.78, 5) is 13.7. The fourth-order valence-corrected chi connectivity index (χ4v) is 2.28. The molecule has 4 heteroatoms. The van der Waals surface area contributed by atoms with Crippen molar-refractivity contribution in [1.82, 2.24) is 4.90 Å². The van der Waals surface area contributed by atoms with Gasteiger partial charge >= 0.3 is 6.09 Å². The van der Waals surface area contributed by atoms with Crippen molar-refractivity contribution in [2.24, 2.45) is 11.3 Å². The van der Waals surface area contributed by atoms with Crippen molar-refractivity contribution >= 4 is 6.09 Å². The van der Waals surface area contributed by atoms with E-state index >= 15 is 0 Å². The molecule has 0 aromatic carbocycles. The van der Waals surface area contributed by atoms with Crippen LogP contribution in [-0.2, 0) is 4.74 Å². The molecule has 1 N–H and O–H groups in total. The Bertz CT molecular complexity index is 301. The van der Waals surface area contributed by atoms with Crippen molar-refractivity contribution in [3.05, 3.63) is 0 Å². The summed E-state index contributed by atoms with van der Waals surface area (Å²) >= 11 is 0. The minimum atomic E-state index is -0.468. The molecule has 106 valence electrons. The molecule has 1 amide bonds. The molecule has 0 aromatic heterocycles. The maximum absolute atomic E-state index is 12.0. The molecule has 1 unspecified atom stereocenters. The lowest BCUT2D eigenvalue weighted by molar-refractivity contribution is -0.0358. The van der Waals surface area contributed by atoms with Crippen LogP contribution >= 0.6 is 0 Å². The number of aliphatic hydroxyl groups is 1. The Kier molecular flexibility index (Phi) is 4.31. The van der Waals surface area contributed by atoms with E-state index in [9.17, 15) is 9.90 Å². The van der Waals surface area contributed by atoms with Gasteiger partial charge in [-0.2, -0.15) is 0 Å². The molecule has 0 aliphatic carbocycles. The highest BCUT2D eigenvalue weighted by Gasteiger charge is 2.38. The second-order valence-electron chi connectivity index (χ2n) is 7.25. The van der Waals surface area contributed by atoms with Crippen LogP contribution in [0.5, 0.6) is 0 Å². The maximum atomic E-state index is 12.0. The summed E-state index contributed by atoms with van der Waals surface area (Å²) in [5.74, 6) is 0.0961. The van der Waals surface area contributed by atoms with E-state index < -0.39 is 5.60 Å². The minimum absolute atomic E-state index is 0.0138. The van der Waals surface area contributed by atoms with Gasteiger partial charge in [-0.25, -0.2) is 4.79 Å². The van der Waals surface area contributed by atoms with Crippen LogP contribution in [0.4, 0.5) is 4.79 Å². The third-order valence-electron chi connectivity index (χ3n) is 3.34. The Morgan fingerprint density at radius 2 is 1.78 bits per heavy atom. The van der Waals surface area contributed by atoms with Crippen LogP contribution in [0, 0.1) is 11.3 Å². The van der Waals surface area contributed by atoms with Crippen molar-refractivity contribution in [3.63, 3.8) is 0 Å². The summed E-state index contributed by atoms with van der Waals surface area (Å²) in [5, 5.41) is 10.1. The Morgan fingerprint density at radius 3 is 2.22 bits per heavy atom. The zero-order valence-electron chi connectivity index (χ0n) is 12.5. The highest BCUT2D eigenvalue weighted by Crippen LogP contribution is 2.34. The molecule has 0 aromatic rings. The summed E-state index contributed by atoms with van der Waals surface area (Å²) in [6.45, 7) is 13.0. The maximum Gasteiger partial charge on any atom is 0.410 e. The first-order valence-electron chi connectivity index (χ1n) is 6.67. The summed E-state index contributed by atoms with van der Waals surface area (Å²) < 4.78 is 5.38. The number of aliphatic hydroxyl groups excluding tert-OH is 1. The van der Waals surface area contributed by atoms with Gasteiger partial charge in [-0.3, -0.25) is 0 Å². The van der Waals surface area contributed by atoms with Gasteiger partial charge in [0.25, 0.3) is 0 Å². The van der Waals surface area contributed by atoms with Crippen LogP contribution in [0.15, 0.2) is 0 Å². The Morgan fingerprint density at radius 1 is 1.22 bits per heavy atom. The van der Waals surface area contributed by atoms with Crippen molar-refractivity contribution in [1.29, 1.82) is 0 Å². The van der Waals surface area contributed by atoms with Crippen LogP contribution in [0.2, 0.25) is 0 Å². The van der Waals surface area contributed by atoms with E-state index in [1.807, 2.05) is 20.8 Å². The predicted molar refractivity (Wildman–Crippen MR) is 71.4 cm³/mol. The first kappa shape index (κ1) is 15.3. The molecule has 1 rings (SSSR count). The van der Waals surface area contributed by atoms with Crippen molar-refractivity contribution < 1.29 is 14.6 Å². The molecule has 4 nitrogen and oxygen atoms in total. The summed E-state index contributed by atoms with van der Waals surface area (Å²) in [5.41, 5.74) is -0.482. The topological polar surface area (TPSA) is 49.8 Å². The number of hydrogen-bond donors (Lipinski definition) is 1. The number of piperidine rings is 1. The Hall–Kier alpha value is -0.770. The first-order valence-corrected chi connectivity index (χ1v) is 6.67. The molecular formula is C14H27NO3. The highest BCUT2D eigenvalue weighted by molar-refractivity contribution is 5.68. The first-order chi connectivity index (χ1) is 8.00. The predicted octanol–water partition coefficient (Wildman–Crippen LogP) is 2.65. The van der Waals surface area contributed by atoms with Crippen molar-refractivity contribution in [3.8, 4) is 0 Å². The molecule has 0 saturated carbocycles. The quantitative estimate of drug-likeness (QED) is 0.726. The van der Waals surface area contributed by atoms with Gasteiger partial charge in [0, 0.05) is 19.0 Å². The average molecular weight is 257 g/mol. The molecule has 1 saturated heterocycles. The van der Waals surface area contributed by atoms with E-state index in [-0.39, 0.29) is 23.5 Å². The second-order valence-corrected chi connectivity index (χ2v) is 7.25. The molecular weight excluding hydrogens is 230 g/mol. The van der Waals surface area contributed by atoms with E-state index in [2.05, 4.69) is 20.8 Å². The van der Waals surface area contributed by atoms with E-state index in [4.69, 9.17) is 4.74 Å². The van der Waals surface area contributed by atoms with Crippen LogP contribution in [0.3, 0.4) is 0 Å². The molecule has 1 heterocycles. The van der Waals surface area contributed by atoms with Gasteiger partial charge in [0.1, 0.15) is 5.60 Å². The van der Waals surface area contributed by atoms with Crippen LogP contribution in [-0.4, -0.2) is 40.9 Å². The number of nitrogens with zero attached hydrogens (tertiary/aromatic N) is 1. The Balaban J connectivity index is 2.68. The second kappa shape index (κ2) is 5.08. The number of amides is 1. The fraction of sp³-hybridized carbons (Fsp3) is 0.929. The fourth-order valence-electron chi connectivity index (χ4n) is 2.28. The van der Waals surface area contributed by atoms with Crippen molar-refractivity contribution in [2.75, 3.05) is 13.1 Å². The van der Waals surface area contributed by atoms with Gasteiger partial charge < -0.3 is 14.7 Å². The van der Waals surface area contributed by atoms with Gasteiger partial charge in [-0.05, 0) is 32.6 Å². The zero-order chi connectivity index (χ0) is 14.1. The number of carbonyl (C=O) groups excluding carboxylic acids is 1. The highest BCUT2D eigenvalue weighted by atomic mass is 16.6. The molecule has 2 atom stereocenters. The van der Waals surface area contributed by atoms with Crippen LogP contribution in [0.1, 0.15) is 48.0 Å². The number of rotatable bonds is 0. The average Bonchev–Trinajstić information content (AvgIpc) is 2.13. The smallest absolute Gasteiger partial charge is 0.410 e. The zero-order valence-corrected chi connectivity index (χ0v) is 12.5. The molecule has 18 heavy (non-hydrogen) atoms. The third kappa shape index (κ3) is 4.16. The standard InChI is InChI=1S/C14H27NO3/c1-13(2,3)10-9-15(8-7-11(10)16)12(17)18-14(4,5)6/h10-11,16H,7-9H2,1-6H3/t10?,11-/m1/s1. The van der Waals surface area contributed by atoms with Gasteiger partial charge in [-0.15, -0.1) is 0 Å². The normalized spacial score (nSPS) is 26.1. The summed E-state index contributed by atoms with van der Waals surface area (Å²) in [6.07, 6.45) is 0.0219. The lowest BCUT2D eigenvalue weighted by Crippen LogP contribution is -2.51. The number of likely N-dealkylation sites (tertiary alicyclic amines) is 1. The minimum Gasteiger partial charge on any atom is -0.444 e. The molecule has 0 radical (unpaired) electrons. The monoisotopic (exact) mass is 257 g/mol. The number of hydrogen-bond acceptors (Lipinski definition) is 3. The SMILES string of the molecule is CC(C)(C)OC(=O)N1CC[C@@H](O)C(C(C)(C)C)C1. The van der Waals surface area contributed by atoms with Gasteiger partial charge in [0.2, 0.25) is 0 Å². The lowest BCUT2D eigenvalue weighted by Gasteiger charge is -2.42. The van der Waals surface area contributed by atoms with E-state index in [0.29, 0.717) is 19.5 Å². The third-order valence-corrected chi connectivity index (χ3v) is 3.34. The molecule has 1 fully saturated rings. The van der Waals surface area contributed by atoms with Crippen LogP contribution in [0.25, 0.3) is 0 Å². The molecule has 1 aliphatic heterocycles. The molecule has 1 aliphatic rings.